The summed E-state index contributed by atoms with van der Waals surface area (Å²) in [6.45, 7) is 1.67. The van der Waals surface area contributed by atoms with E-state index in [0.717, 1.165) is 17.8 Å². The summed E-state index contributed by atoms with van der Waals surface area (Å²) in [5, 5.41) is 2.25. The summed E-state index contributed by atoms with van der Waals surface area (Å²) in [5.41, 5.74) is 0.685. The van der Waals surface area contributed by atoms with Gasteiger partial charge in [0.1, 0.15) is 11.6 Å². The molecule has 0 aliphatic heterocycles. The van der Waals surface area contributed by atoms with Gasteiger partial charge in [-0.15, -0.1) is 11.8 Å². The quantitative estimate of drug-likeness (QED) is 0.860. The number of carbonyl (C=O) groups is 1. The summed E-state index contributed by atoms with van der Waals surface area (Å²) in [4.78, 5) is 12.2. The van der Waals surface area contributed by atoms with Crippen molar-refractivity contribution < 1.29 is 13.6 Å². The average Bonchev–Trinajstić information content (AvgIpc) is 2.43. The Morgan fingerprint density at radius 3 is 2.50 bits per heavy atom. The number of halogens is 2. The molecule has 0 aromatic heterocycles. The molecule has 0 bridgehead atoms. The van der Waals surface area contributed by atoms with Gasteiger partial charge in [-0.1, -0.05) is 18.2 Å². The fraction of sp³-hybridized carbons (Fsp3) is 0.133. The van der Waals surface area contributed by atoms with Crippen molar-refractivity contribution in [2.75, 3.05) is 5.32 Å². The molecule has 0 radical (unpaired) electrons. The number of para-hydroxylation sites is 1. The summed E-state index contributed by atoms with van der Waals surface area (Å²) in [5.74, 6) is -1.52. The van der Waals surface area contributed by atoms with Crippen LogP contribution in [-0.2, 0) is 4.79 Å². The lowest BCUT2D eigenvalue weighted by Crippen LogP contribution is -2.22. The van der Waals surface area contributed by atoms with E-state index in [0.29, 0.717) is 5.69 Å². The average molecular weight is 293 g/mol. The lowest BCUT2D eigenvalue weighted by Gasteiger charge is -2.12. The Morgan fingerprint density at radius 1 is 1.15 bits per heavy atom. The van der Waals surface area contributed by atoms with E-state index in [-0.39, 0.29) is 10.8 Å². The molecule has 2 rings (SSSR count). The molecule has 2 nitrogen and oxygen atoms in total. The maximum atomic E-state index is 13.5. The molecule has 1 N–H and O–H groups in total. The largest absolute Gasteiger partial charge is 0.325 e. The molecule has 20 heavy (non-hydrogen) atoms. The van der Waals surface area contributed by atoms with Gasteiger partial charge in [-0.05, 0) is 31.2 Å². The minimum Gasteiger partial charge on any atom is -0.325 e. The van der Waals surface area contributed by atoms with Crippen molar-refractivity contribution >= 4 is 23.4 Å². The van der Waals surface area contributed by atoms with E-state index in [2.05, 4.69) is 5.32 Å². The van der Waals surface area contributed by atoms with E-state index in [1.807, 2.05) is 18.2 Å². The summed E-state index contributed by atoms with van der Waals surface area (Å²) in [6, 6.07) is 12.3. The molecule has 0 fully saturated rings. The van der Waals surface area contributed by atoms with Crippen LogP contribution in [0.4, 0.5) is 14.5 Å². The predicted octanol–water partition coefficient (Wildman–Crippen LogP) is 4.08. The Hall–Kier alpha value is -1.88. The van der Waals surface area contributed by atoms with Crippen LogP contribution >= 0.6 is 11.8 Å². The summed E-state index contributed by atoms with van der Waals surface area (Å²) < 4.78 is 26.3. The number of nitrogens with one attached hydrogen (secondary N) is 1. The van der Waals surface area contributed by atoms with Crippen LogP contribution < -0.4 is 5.32 Å². The molecule has 104 valence electrons. The molecule has 0 saturated heterocycles. The van der Waals surface area contributed by atoms with E-state index in [4.69, 9.17) is 0 Å². The Kier molecular flexibility index (Phi) is 4.74. The van der Waals surface area contributed by atoms with Gasteiger partial charge in [0.15, 0.2) is 0 Å². The Bertz CT molecular complexity index is 604. The van der Waals surface area contributed by atoms with Gasteiger partial charge in [-0.25, -0.2) is 8.78 Å². The number of amides is 1. The van der Waals surface area contributed by atoms with Gasteiger partial charge in [-0.2, -0.15) is 0 Å². The summed E-state index contributed by atoms with van der Waals surface area (Å²) in [6.07, 6.45) is 0. The Balaban J connectivity index is 2.00. The summed E-state index contributed by atoms with van der Waals surface area (Å²) >= 11 is 1.05. The fourth-order valence-electron chi connectivity index (χ4n) is 1.58. The molecule has 0 spiro atoms. The molecule has 5 heteroatoms. The highest BCUT2D eigenvalue weighted by Gasteiger charge is 2.16. The van der Waals surface area contributed by atoms with Gasteiger partial charge in [-0.3, -0.25) is 4.79 Å². The van der Waals surface area contributed by atoms with Crippen molar-refractivity contribution in [3.63, 3.8) is 0 Å². The SMILES string of the molecule is CC(Sc1ccc(F)cc1F)C(=O)Nc1ccccc1. The second-order valence-electron chi connectivity index (χ2n) is 4.19. The zero-order valence-corrected chi connectivity index (χ0v) is 11.6. The van der Waals surface area contributed by atoms with E-state index in [9.17, 15) is 13.6 Å². The molecular formula is C15H13F2NOS. The molecule has 0 heterocycles. The monoisotopic (exact) mass is 293 g/mol. The van der Waals surface area contributed by atoms with Crippen molar-refractivity contribution in [3.8, 4) is 0 Å². The Labute approximate surface area is 120 Å². The van der Waals surface area contributed by atoms with Crippen molar-refractivity contribution in [1.29, 1.82) is 0 Å². The first-order valence-corrected chi connectivity index (χ1v) is 6.92. The van der Waals surface area contributed by atoms with Crippen LogP contribution in [0.25, 0.3) is 0 Å². The smallest absolute Gasteiger partial charge is 0.237 e. The van der Waals surface area contributed by atoms with Crippen molar-refractivity contribution in [2.24, 2.45) is 0 Å². The molecule has 2 aromatic carbocycles. The maximum Gasteiger partial charge on any atom is 0.237 e. The maximum absolute atomic E-state index is 13.5. The predicted molar refractivity (Wildman–Crippen MR) is 76.7 cm³/mol. The zero-order chi connectivity index (χ0) is 14.5. The zero-order valence-electron chi connectivity index (χ0n) is 10.8. The van der Waals surface area contributed by atoms with Gasteiger partial charge in [0.2, 0.25) is 5.91 Å². The molecule has 1 unspecified atom stereocenters. The first kappa shape index (κ1) is 14.5. The van der Waals surface area contributed by atoms with Crippen LogP contribution in [-0.4, -0.2) is 11.2 Å². The van der Waals surface area contributed by atoms with Crippen molar-refractivity contribution in [2.45, 2.75) is 17.1 Å². The number of hydrogen-bond donors (Lipinski definition) is 1. The number of rotatable bonds is 4. The lowest BCUT2D eigenvalue weighted by molar-refractivity contribution is -0.115. The van der Waals surface area contributed by atoms with Gasteiger partial charge in [0.05, 0.1) is 5.25 Å². The van der Waals surface area contributed by atoms with Crippen LogP contribution in [0.15, 0.2) is 53.4 Å². The standard InChI is InChI=1S/C15H13F2NOS/c1-10(15(19)18-12-5-3-2-4-6-12)20-14-8-7-11(16)9-13(14)17/h2-10H,1H3,(H,18,19). The first-order chi connectivity index (χ1) is 9.56. The van der Waals surface area contributed by atoms with E-state index >= 15 is 0 Å². The second kappa shape index (κ2) is 6.52. The third-order valence-corrected chi connectivity index (χ3v) is 3.76. The van der Waals surface area contributed by atoms with Crippen LogP contribution in [0.5, 0.6) is 0 Å². The van der Waals surface area contributed by atoms with Gasteiger partial charge in [0, 0.05) is 16.6 Å². The Morgan fingerprint density at radius 2 is 1.85 bits per heavy atom. The lowest BCUT2D eigenvalue weighted by atomic mass is 10.3. The van der Waals surface area contributed by atoms with Gasteiger partial charge < -0.3 is 5.32 Å². The number of carbonyl (C=O) groups excluding carboxylic acids is 1. The normalized spacial score (nSPS) is 11.9. The van der Waals surface area contributed by atoms with E-state index < -0.39 is 16.9 Å². The first-order valence-electron chi connectivity index (χ1n) is 6.04. The van der Waals surface area contributed by atoms with Crippen molar-refractivity contribution in [1.82, 2.24) is 0 Å². The molecule has 0 aliphatic carbocycles. The molecule has 1 amide bonds. The highest BCUT2D eigenvalue weighted by molar-refractivity contribution is 8.00. The van der Waals surface area contributed by atoms with Crippen LogP contribution in [0.3, 0.4) is 0 Å². The minimum atomic E-state index is -0.658. The number of benzene rings is 2. The number of anilines is 1. The minimum absolute atomic E-state index is 0.232. The molecule has 2 aromatic rings. The molecular weight excluding hydrogens is 280 g/mol. The number of thioether (sulfide) groups is 1. The topological polar surface area (TPSA) is 29.1 Å². The van der Waals surface area contributed by atoms with Crippen LogP contribution in [0.2, 0.25) is 0 Å². The third-order valence-electron chi connectivity index (χ3n) is 2.61. The van der Waals surface area contributed by atoms with E-state index in [1.54, 1.807) is 19.1 Å². The highest BCUT2D eigenvalue weighted by Crippen LogP contribution is 2.27. The van der Waals surface area contributed by atoms with Crippen LogP contribution in [0, 0.1) is 11.6 Å². The molecule has 0 aliphatic rings. The number of hydrogen-bond acceptors (Lipinski definition) is 2. The van der Waals surface area contributed by atoms with Crippen molar-refractivity contribution in [3.05, 3.63) is 60.2 Å². The van der Waals surface area contributed by atoms with Gasteiger partial charge in [0.25, 0.3) is 0 Å². The van der Waals surface area contributed by atoms with Gasteiger partial charge >= 0.3 is 0 Å². The third kappa shape index (κ3) is 3.81. The summed E-state index contributed by atoms with van der Waals surface area (Å²) in [7, 11) is 0. The second-order valence-corrected chi connectivity index (χ2v) is 5.57. The van der Waals surface area contributed by atoms with E-state index in [1.165, 1.54) is 12.1 Å². The van der Waals surface area contributed by atoms with Crippen LogP contribution in [0.1, 0.15) is 6.92 Å². The highest BCUT2D eigenvalue weighted by atomic mass is 32.2. The molecule has 0 saturated carbocycles. The molecule has 1 atom stereocenters. The fourth-order valence-corrected chi connectivity index (χ4v) is 2.45.